The van der Waals surface area contributed by atoms with Gasteiger partial charge in [-0.3, -0.25) is 4.79 Å². The Morgan fingerprint density at radius 3 is 2.25 bits per heavy atom. The molecule has 0 spiro atoms. The predicted molar refractivity (Wildman–Crippen MR) is 78.5 cm³/mol. The average molecular weight is 270 g/mol. The summed E-state index contributed by atoms with van der Waals surface area (Å²) in [6.07, 6.45) is 3.02. The molecular formula is C15H18N4O. The Balaban J connectivity index is 2.15. The SMILES string of the molecule is CNC(=O)c1cnc(NC(C)(C)c2ccccc2)nc1. The van der Waals surface area contributed by atoms with Crippen LogP contribution in [-0.4, -0.2) is 22.9 Å². The first kappa shape index (κ1) is 14.0. The molecule has 0 saturated carbocycles. The van der Waals surface area contributed by atoms with Crippen LogP contribution in [0.4, 0.5) is 5.95 Å². The molecule has 2 aromatic rings. The highest BCUT2D eigenvalue weighted by Gasteiger charge is 2.21. The van der Waals surface area contributed by atoms with Crippen LogP contribution in [0, 0.1) is 0 Å². The van der Waals surface area contributed by atoms with E-state index >= 15 is 0 Å². The van der Waals surface area contributed by atoms with E-state index in [2.05, 4.69) is 34.4 Å². The van der Waals surface area contributed by atoms with E-state index in [-0.39, 0.29) is 11.4 Å². The van der Waals surface area contributed by atoms with Crippen LogP contribution in [0.1, 0.15) is 29.8 Å². The molecular weight excluding hydrogens is 252 g/mol. The summed E-state index contributed by atoms with van der Waals surface area (Å²) < 4.78 is 0. The van der Waals surface area contributed by atoms with Gasteiger partial charge in [-0.15, -0.1) is 0 Å². The molecule has 1 aromatic carbocycles. The van der Waals surface area contributed by atoms with E-state index in [4.69, 9.17) is 0 Å². The van der Waals surface area contributed by atoms with Crippen molar-refractivity contribution in [1.82, 2.24) is 15.3 Å². The maximum Gasteiger partial charge on any atom is 0.254 e. The second-order valence-electron chi connectivity index (χ2n) is 4.99. The summed E-state index contributed by atoms with van der Waals surface area (Å²) in [6.45, 7) is 4.11. The molecule has 0 aliphatic rings. The number of amides is 1. The monoisotopic (exact) mass is 270 g/mol. The van der Waals surface area contributed by atoms with Gasteiger partial charge in [0.05, 0.1) is 11.1 Å². The van der Waals surface area contributed by atoms with Gasteiger partial charge in [0.25, 0.3) is 5.91 Å². The van der Waals surface area contributed by atoms with E-state index < -0.39 is 0 Å². The van der Waals surface area contributed by atoms with Crippen LogP contribution in [0.25, 0.3) is 0 Å². The van der Waals surface area contributed by atoms with Crippen molar-refractivity contribution in [2.75, 3.05) is 12.4 Å². The fourth-order valence-corrected chi connectivity index (χ4v) is 1.86. The summed E-state index contributed by atoms with van der Waals surface area (Å²) in [6, 6.07) is 10.1. The zero-order valence-corrected chi connectivity index (χ0v) is 11.8. The van der Waals surface area contributed by atoms with Gasteiger partial charge in [-0.25, -0.2) is 9.97 Å². The predicted octanol–water partition coefficient (Wildman–Crippen LogP) is 2.18. The van der Waals surface area contributed by atoms with Gasteiger partial charge >= 0.3 is 0 Å². The molecule has 5 heteroatoms. The third-order valence-electron chi connectivity index (χ3n) is 3.06. The first-order chi connectivity index (χ1) is 9.53. The minimum Gasteiger partial charge on any atom is -0.355 e. The minimum atomic E-state index is -0.296. The molecule has 20 heavy (non-hydrogen) atoms. The number of nitrogens with zero attached hydrogens (tertiary/aromatic N) is 2. The van der Waals surface area contributed by atoms with E-state index in [1.807, 2.05) is 30.3 Å². The number of hydrogen-bond donors (Lipinski definition) is 2. The van der Waals surface area contributed by atoms with E-state index in [1.54, 1.807) is 7.05 Å². The number of hydrogen-bond acceptors (Lipinski definition) is 4. The van der Waals surface area contributed by atoms with Crippen molar-refractivity contribution in [3.8, 4) is 0 Å². The standard InChI is InChI=1S/C15H18N4O/c1-15(2,12-7-5-4-6-8-12)19-14-17-9-11(10-18-14)13(20)16-3/h4-10H,1-3H3,(H,16,20)(H,17,18,19). The lowest BCUT2D eigenvalue weighted by Gasteiger charge is -2.26. The second kappa shape index (κ2) is 5.69. The molecule has 0 bridgehead atoms. The van der Waals surface area contributed by atoms with Gasteiger partial charge in [-0.05, 0) is 19.4 Å². The minimum absolute atomic E-state index is 0.195. The Morgan fingerprint density at radius 2 is 1.70 bits per heavy atom. The van der Waals surface area contributed by atoms with Crippen LogP contribution in [0.15, 0.2) is 42.7 Å². The summed E-state index contributed by atoms with van der Waals surface area (Å²) >= 11 is 0. The van der Waals surface area contributed by atoms with Crippen molar-refractivity contribution >= 4 is 11.9 Å². The third kappa shape index (κ3) is 3.12. The summed E-state index contributed by atoms with van der Waals surface area (Å²) in [5, 5.41) is 5.80. The molecule has 1 aromatic heterocycles. The van der Waals surface area contributed by atoms with Crippen molar-refractivity contribution in [3.63, 3.8) is 0 Å². The van der Waals surface area contributed by atoms with Crippen LogP contribution in [0.3, 0.4) is 0 Å². The van der Waals surface area contributed by atoms with Crippen LogP contribution in [-0.2, 0) is 5.54 Å². The number of anilines is 1. The fourth-order valence-electron chi connectivity index (χ4n) is 1.86. The maximum absolute atomic E-state index is 11.4. The van der Waals surface area contributed by atoms with E-state index in [0.29, 0.717) is 11.5 Å². The molecule has 2 N–H and O–H groups in total. The summed E-state index contributed by atoms with van der Waals surface area (Å²) in [7, 11) is 1.58. The Labute approximate surface area is 118 Å². The molecule has 104 valence electrons. The van der Waals surface area contributed by atoms with Gasteiger partial charge in [0, 0.05) is 19.4 Å². The third-order valence-corrected chi connectivity index (χ3v) is 3.06. The Kier molecular flexibility index (Phi) is 3.98. The van der Waals surface area contributed by atoms with Gasteiger partial charge in [-0.1, -0.05) is 30.3 Å². The molecule has 0 atom stereocenters. The number of carbonyl (C=O) groups is 1. The molecule has 2 rings (SSSR count). The highest BCUT2D eigenvalue weighted by Crippen LogP contribution is 2.23. The molecule has 5 nitrogen and oxygen atoms in total. The molecule has 0 saturated heterocycles. The van der Waals surface area contributed by atoms with Crippen molar-refractivity contribution in [2.24, 2.45) is 0 Å². The Hall–Kier alpha value is -2.43. The largest absolute Gasteiger partial charge is 0.355 e. The van der Waals surface area contributed by atoms with Crippen molar-refractivity contribution in [3.05, 3.63) is 53.9 Å². The van der Waals surface area contributed by atoms with Gasteiger partial charge in [-0.2, -0.15) is 0 Å². The molecule has 1 heterocycles. The second-order valence-corrected chi connectivity index (χ2v) is 4.99. The highest BCUT2D eigenvalue weighted by atomic mass is 16.1. The lowest BCUT2D eigenvalue weighted by molar-refractivity contribution is 0.0962. The number of nitrogens with one attached hydrogen (secondary N) is 2. The Morgan fingerprint density at radius 1 is 1.10 bits per heavy atom. The molecule has 0 aliphatic heterocycles. The number of benzene rings is 1. The quantitative estimate of drug-likeness (QED) is 0.893. The molecule has 1 amide bonds. The first-order valence-electron chi connectivity index (χ1n) is 6.41. The summed E-state index contributed by atoms with van der Waals surface area (Å²) in [4.78, 5) is 19.8. The highest BCUT2D eigenvalue weighted by molar-refractivity contribution is 5.93. The maximum atomic E-state index is 11.4. The lowest BCUT2D eigenvalue weighted by Crippen LogP contribution is -2.29. The molecule has 0 unspecified atom stereocenters. The normalized spacial score (nSPS) is 10.9. The molecule has 0 aliphatic carbocycles. The van der Waals surface area contributed by atoms with Gasteiger partial charge in [0.1, 0.15) is 0 Å². The average Bonchev–Trinajstić information content (AvgIpc) is 2.48. The van der Waals surface area contributed by atoms with E-state index in [9.17, 15) is 4.79 Å². The van der Waals surface area contributed by atoms with E-state index in [1.165, 1.54) is 12.4 Å². The van der Waals surface area contributed by atoms with Gasteiger partial charge < -0.3 is 10.6 Å². The summed E-state index contributed by atoms with van der Waals surface area (Å²) in [5.74, 6) is 0.297. The summed E-state index contributed by atoms with van der Waals surface area (Å²) in [5.41, 5.74) is 1.28. The van der Waals surface area contributed by atoms with Crippen molar-refractivity contribution in [2.45, 2.75) is 19.4 Å². The van der Waals surface area contributed by atoms with Crippen molar-refractivity contribution in [1.29, 1.82) is 0 Å². The van der Waals surface area contributed by atoms with Gasteiger partial charge in [0.15, 0.2) is 0 Å². The topological polar surface area (TPSA) is 66.9 Å². The van der Waals surface area contributed by atoms with Crippen LogP contribution < -0.4 is 10.6 Å². The Bertz CT molecular complexity index is 579. The fraction of sp³-hybridized carbons (Fsp3) is 0.267. The van der Waals surface area contributed by atoms with Gasteiger partial charge in [0.2, 0.25) is 5.95 Å². The van der Waals surface area contributed by atoms with Crippen LogP contribution in [0.5, 0.6) is 0 Å². The number of rotatable bonds is 4. The zero-order chi connectivity index (χ0) is 14.6. The van der Waals surface area contributed by atoms with Crippen LogP contribution in [0.2, 0.25) is 0 Å². The van der Waals surface area contributed by atoms with Crippen molar-refractivity contribution < 1.29 is 4.79 Å². The lowest BCUT2D eigenvalue weighted by atomic mass is 9.95. The zero-order valence-electron chi connectivity index (χ0n) is 11.8. The molecule has 0 fully saturated rings. The first-order valence-corrected chi connectivity index (χ1v) is 6.41. The number of carbonyl (C=O) groups excluding carboxylic acids is 1. The number of aromatic nitrogens is 2. The smallest absolute Gasteiger partial charge is 0.254 e. The molecule has 0 radical (unpaired) electrons. The van der Waals surface area contributed by atoms with E-state index in [0.717, 1.165) is 5.56 Å². The van der Waals surface area contributed by atoms with Crippen LogP contribution >= 0.6 is 0 Å².